The highest BCUT2D eigenvalue weighted by atomic mass is 32.2. The highest BCUT2D eigenvalue weighted by Gasteiger charge is 2.33. The average molecular weight is 404 g/mol. The number of anilines is 1. The Balaban J connectivity index is 1.47. The second-order valence-corrected chi connectivity index (χ2v) is 8.54. The molecule has 0 radical (unpaired) electrons. The van der Waals surface area contributed by atoms with Crippen molar-refractivity contribution in [1.82, 2.24) is 4.31 Å². The fraction of sp³-hybridized carbons (Fsp3) is 0.316. The van der Waals surface area contributed by atoms with Crippen LogP contribution in [0.5, 0.6) is 11.5 Å². The third-order valence-electron chi connectivity index (χ3n) is 4.94. The molecule has 0 bridgehead atoms. The molecule has 2 aromatic carbocycles. The van der Waals surface area contributed by atoms with Crippen LogP contribution in [0.15, 0.2) is 47.4 Å². The van der Waals surface area contributed by atoms with Gasteiger partial charge in [0.25, 0.3) is 0 Å². The van der Waals surface area contributed by atoms with Gasteiger partial charge in [-0.3, -0.25) is 5.32 Å². The Bertz CT molecular complexity index is 990. The second kappa shape index (κ2) is 7.33. The van der Waals surface area contributed by atoms with Crippen molar-refractivity contribution < 1.29 is 27.4 Å². The minimum atomic E-state index is -3.61. The number of hydrogen-bond donors (Lipinski definition) is 1. The number of nitrogens with one attached hydrogen (secondary N) is 1. The molecule has 0 saturated carbocycles. The zero-order valence-electron chi connectivity index (χ0n) is 15.3. The van der Waals surface area contributed by atoms with Crippen molar-refractivity contribution >= 4 is 21.8 Å². The summed E-state index contributed by atoms with van der Waals surface area (Å²) in [6, 6.07) is 11.8. The first-order chi connectivity index (χ1) is 13.5. The normalized spacial score (nSPS) is 18.8. The number of nitrogens with zero attached hydrogens (tertiary/aromatic N) is 1. The molecule has 1 N–H and O–H groups in total. The molecule has 0 unspecified atom stereocenters. The first-order valence-corrected chi connectivity index (χ1v) is 10.3. The zero-order valence-corrected chi connectivity index (χ0v) is 16.1. The Morgan fingerprint density at radius 3 is 2.64 bits per heavy atom. The van der Waals surface area contributed by atoms with E-state index < -0.39 is 16.1 Å². The molecule has 2 heterocycles. The van der Waals surface area contributed by atoms with Gasteiger partial charge in [0.05, 0.1) is 12.0 Å². The molecule has 2 aliphatic rings. The minimum Gasteiger partial charge on any atom is -0.454 e. The largest absolute Gasteiger partial charge is 0.454 e. The number of hydrogen-bond acceptors (Lipinski definition) is 6. The van der Waals surface area contributed by atoms with Crippen LogP contribution < -0.4 is 14.8 Å². The Kier molecular flexibility index (Phi) is 4.86. The molecule has 1 atom stereocenters. The zero-order chi connectivity index (χ0) is 19.7. The van der Waals surface area contributed by atoms with Crippen molar-refractivity contribution in [3.63, 3.8) is 0 Å². The van der Waals surface area contributed by atoms with Gasteiger partial charge in [-0.1, -0.05) is 6.07 Å². The monoisotopic (exact) mass is 404 g/mol. The van der Waals surface area contributed by atoms with Crippen LogP contribution in [0.25, 0.3) is 0 Å². The van der Waals surface area contributed by atoms with E-state index in [-0.39, 0.29) is 17.6 Å². The number of carbonyl (C=O) groups excluding carboxylic acids is 1. The second-order valence-electron chi connectivity index (χ2n) is 6.60. The first kappa shape index (κ1) is 18.6. The highest BCUT2D eigenvalue weighted by Crippen LogP contribution is 2.38. The van der Waals surface area contributed by atoms with E-state index in [4.69, 9.17) is 9.47 Å². The molecule has 1 saturated heterocycles. The van der Waals surface area contributed by atoms with Crippen molar-refractivity contribution in [2.75, 3.05) is 32.3 Å². The van der Waals surface area contributed by atoms with E-state index in [1.54, 1.807) is 0 Å². The van der Waals surface area contributed by atoms with E-state index in [2.05, 4.69) is 10.1 Å². The minimum absolute atomic E-state index is 0.101. The maximum absolute atomic E-state index is 13.0. The number of benzene rings is 2. The summed E-state index contributed by atoms with van der Waals surface area (Å²) in [5.41, 5.74) is 1.50. The summed E-state index contributed by atoms with van der Waals surface area (Å²) in [4.78, 5) is 11.4. The molecular formula is C19H20N2O6S. The van der Waals surface area contributed by atoms with Crippen molar-refractivity contribution in [2.45, 2.75) is 17.2 Å². The first-order valence-electron chi connectivity index (χ1n) is 8.82. The van der Waals surface area contributed by atoms with Gasteiger partial charge in [-0.15, -0.1) is 0 Å². The van der Waals surface area contributed by atoms with E-state index in [0.717, 1.165) is 12.0 Å². The molecule has 2 aromatic rings. The quantitative estimate of drug-likeness (QED) is 0.842. The fourth-order valence-electron chi connectivity index (χ4n) is 3.41. The number of amides is 1. The molecule has 4 rings (SSSR count). The Morgan fingerprint density at radius 2 is 1.89 bits per heavy atom. The number of rotatable bonds is 4. The lowest BCUT2D eigenvalue weighted by atomic mass is 9.98. The maximum atomic E-state index is 13.0. The van der Waals surface area contributed by atoms with Gasteiger partial charge in [0.2, 0.25) is 16.8 Å². The molecule has 1 amide bonds. The molecule has 2 aliphatic heterocycles. The molecule has 0 aromatic heterocycles. The molecule has 0 spiro atoms. The summed E-state index contributed by atoms with van der Waals surface area (Å²) < 4.78 is 42.7. The van der Waals surface area contributed by atoms with Gasteiger partial charge in [0, 0.05) is 18.8 Å². The Labute approximate surface area is 163 Å². The third kappa shape index (κ3) is 3.50. The highest BCUT2D eigenvalue weighted by molar-refractivity contribution is 7.89. The predicted molar refractivity (Wildman–Crippen MR) is 101 cm³/mol. The van der Waals surface area contributed by atoms with Crippen molar-refractivity contribution in [3.8, 4) is 11.5 Å². The molecule has 148 valence electrons. The van der Waals surface area contributed by atoms with Crippen LogP contribution in [0, 0.1) is 0 Å². The molecular weight excluding hydrogens is 384 g/mol. The lowest BCUT2D eigenvalue weighted by Crippen LogP contribution is -2.28. The third-order valence-corrected chi connectivity index (χ3v) is 6.82. The molecule has 28 heavy (non-hydrogen) atoms. The summed E-state index contributed by atoms with van der Waals surface area (Å²) in [6.45, 7) is 1.07. The van der Waals surface area contributed by atoms with Crippen LogP contribution in [0.4, 0.5) is 10.5 Å². The topological polar surface area (TPSA) is 94.2 Å². The number of sulfonamides is 1. The smallest absolute Gasteiger partial charge is 0.411 e. The number of carbonyl (C=O) groups is 1. The van der Waals surface area contributed by atoms with Gasteiger partial charge in [0.15, 0.2) is 11.5 Å². The van der Waals surface area contributed by atoms with Crippen LogP contribution in [0.2, 0.25) is 0 Å². The summed E-state index contributed by atoms with van der Waals surface area (Å²) in [6.07, 6.45) is 0.127. The van der Waals surface area contributed by atoms with Crippen LogP contribution in [0.1, 0.15) is 17.9 Å². The van der Waals surface area contributed by atoms with E-state index >= 15 is 0 Å². The number of ether oxygens (including phenoxy) is 3. The summed E-state index contributed by atoms with van der Waals surface area (Å²) in [7, 11) is -2.35. The van der Waals surface area contributed by atoms with E-state index in [1.165, 1.54) is 35.7 Å². The summed E-state index contributed by atoms with van der Waals surface area (Å²) >= 11 is 0. The van der Waals surface area contributed by atoms with Crippen molar-refractivity contribution in [3.05, 3.63) is 48.0 Å². The van der Waals surface area contributed by atoms with E-state index in [1.807, 2.05) is 18.2 Å². The van der Waals surface area contributed by atoms with Gasteiger partial charge in [-0.2, -0.15) is 4.31 Å². The lowest BCUT2D eigenvalue weighted by molar-refractivity contribution is 0.174. The van der Waals surface area contributed by atoms with E-state index in [0.29, 0.717) is 30.3 Å². The average Bonchev–Trinajstić information content (AvgIpc) is 3.37. The van der Waals surface area contributed by atoms with Crippen LogP contribution in [0.3, 0.4) is 0 Å². The SMILES string of the molecule is COC(=O)Nc1ccc(S(=O)(=O)N2CC[C@@H](c3ccc4c(c3)OCO4)C2)cc1. The molecule has 9 heteroatoms. The van der Waals surface area contributed by atoms with Gasteiger partial charge in [0.1, 0.15) is 0 Å². The summed E-state index contributed by atoms with van der Waals surface area (Å²) in [5.74, 6) is 1.52. The summed E-state index contributed by atoms with van der Waals surface area (Å²) in [5, 5.41) is 2.50. The van der Waals surface area contributed by atoms with Crippen LogP contribution >= 0.6 is 0 Å². The maximum Gasteiger partial charge on any atom is 0.411 e. The Morgan fingerprint density at radius 1 is 1.14 bits per heavy atom. The predicted octanol–water partition coefficient (Wildman–Crippen LogP) is 2.77. The van der Waals surface area contributed by atoms with Gasteiger partial charge in [-0.05, 0) is 54.3 Å². The molecule has 1 fully saturated rings. The fourth-order valence-corrected chi connectivity index (χ4v) is 4.91. The Hall–Kier alpha value is -2.78. The van der Waals surface area contributed by atoms with Crippen molar-refractivity contribution in [1.29, 1.82) is 0 Å². The van der Waals surface area contributed by atoms with Crippen molar-refractivity contribution in [2.24, 2.45) is 0 Å². The number of methoxy groups -OCH3 is 1. The lowest BCUT2D eigenvalue weighted by Gasteiger charge is -2.17. The van der Waals surface area contributed by atoms with Gasteiger partial charge >= 0.3 is 6.09 Å². The number of fused-ring (bicyclic) bond motifs is 1. The van der Waals surface area contributed by atoms with Gasteiger partial charge < -0.3 is 14.2 Å². The van der Waals surface area contributed by atoms with Crippen LogP contribution in [-0.2, 0) is 14.8 Å². The molecule has 8 nitrogen and oxygen atoms in total. The van der Waals surface area contributed by atoms with Crippen LogP contribution in [-0.4, -0.2) is 45.8 Å². The standard InChI is InChI=1S/C19H20N2O6S/c1-25-19(22)20-15-3-5-16(6-4-15)28(23,24)21-9-8-14(11-21)13-2-7-17-18(10-13)27-12-26-17/h2-7,10,14H,8-9,11-12H2,1H3,(H,20,22)/t14-/m1/s1. The van der Waals surface area contributed by atoms with E-state index in [9.17, 15) is 13.2 Å². The molecule has 0 aliphatic carbocycles. The van der Waals surface area contributed by atoms with Gasteiger partial charge in [-0.25, -0.2) is 13.2 Å².